The van der Waals surface area contributed by atoms with Crippen molar-refractivity contribution in [1.82, 2.24) is 14.5 Å². The first-order chi connectivity index (χ1) is 26.5. The maximum Gasteiger partial charge on any atom is 0.264 e. The lowest BCUT2D eigenvalue weighted by Crippen LogP contribution is -2.60. The van der Waals surface area contributed by atoms with E-state index >= 15 is 0 Å². The first-order valence-corrected chi connectivity index (χ1v) is 22.6. The average Bonchev–Trinajstić information content (AvgIpc) is 3.31. The van der Waals surface area contributed by atoms with E-state index in [1.54, 1.807) is 13.0 Å². The molecule has 2 saturated heterocycles. The molecule has 6 aliphatic rings. The number of rotatable bonds is 5. The van der Waals surface area contributed by atoms with E-state index < -0.39 is 21.2 Å². The van der Waals surface area contributed by atoms with Crippen LogP contribution in [0.15, 0.2) is 61.2 Å². The van der Waals surface area contributed by atoms with Crippen LogP contribution in [0.2, 0.25) is 5.02 Å². The zero-order valence-electron chi connectivity index (χ0n) is 32.7. The quantitative estimate of drug-likeness (QED) is 0.329. The van der Waals surface area contributed by atoms with Crippen LogP contribution in [0.1, 0.15) is 80.3 Å². The Morgan fingerprint density at radius 3 is 2.78 bits per heavy atom. The summed E-state index contributed by atoms with van der Waals surface area (Å²) < 4.78 is 42.6. The average molecular weight is 791 g/mol. The number of sulfonamides is 1. The number of nitrogens with one attached hydrogen (secondary N) is 1. The maximum absolute atomic E-state index is 13.7. The van der Waals surface area contributed by atoms with E-state index in [1.807, 2.05) is 25.1 Å². The normalized spacial score (nSPS) is 34.5. The predicted molar refractivity (Wildman–Crippen MR) is 220 cm³/mol. The first kappa shape index (κ1) is 39.0. The summed E-state index contributed by atoms with van der Waals surface area (Å²) in [5.41, 5.74) is 3.41. The van der Waals surface area contributed by atoms with Gasteiger partial charge in [-0.05, 0) is 118 Å². The monoisotopic (exact) mass is 790 g/mol. The molecule has 1 saturated carbocycles. The number of piperazine rings is 1. The van der Waals surface area contributed by atoms with Gasteiger partial charge in [0.1, 0.15) is 5.75 Å². The van der Waals surface area contributed by atoms with Crippen LogP contribution in [0.25, 0.3) is 0 Å². The molecule has 4 heterocycles. The molecule has 3 fully saturated rings. The lowest BCUT2D eigenvalue weighted by atomic mass is 9.56. The largest absolute Gasteiger partial charge is 0.490 e. The molecule has 9 nitrogen and oxygen atoms in total. The second kappa shape index (κ2) is 15.8. The van der Waals surface area contributed by atoms with E-state index in [1.165, 1.54) is 11.1 Å². The van der Waals surface area contributed by atoms with E-state index in [-0.39, 0.29) is 16.7 Å². The Balaban J connectivity index is 1.20. The number of anilines is 1. The topological polar surface area (TPSA) is 91.4 Å². The number of benzene rings is 2. The molecule has 2 aliphatic carbocycles. The third kappa shape index (κ3) is 7.75. The van der Waals surface area contributed by atoms with Gasteiger partial charge >= 0.3 is 0 Å². The summed E-state index contributed by atoms with van der Waals surface area (Å²) in [5.74, 6) is 0.802. The molecule has 1 N–H and O–H groups in total. The van der Waals surface area contributed by atoms with Crippen LogP contribution in [-0.4, -0.2) is 101 Å². The lowest BCUT2D eigenvalue weighted by molar-refractivity contribution is -0.0600. The molecule has 1 amide bonds. The number of ether oxygens (including phenoxy) is 2. The van der Waals surface area contributed by atoms with E-state index in [2.05, 4.69) is 56.4 Å². The highest BCUT2D eigenvalue weighted by atomic mass is 35.5. The van der Waals surface area contributed by atoms with E-state index in [0.29, 0.717) is 36.5 Å². The van der Waals surface area contributed by atoms with Crippen molar-refractivity contribution in [2.45, 2.75) is 81.9 Å². The maximum atomic E-state index is 13.7. The Morgan fingerprint density at radius 1 is 1.09 bits per heavy atom. The third-order valence-corrected chi connectivity index (χ3v) is 16.4. The summed E-state index contributed by atoms with van der Waals surface area (Å²) >= 11 is 6.54. The third-order valence-electron chi connectivity index (χ3n) is 14.2. The Labute approximate surface area is 333 Å². The van der Waals surface area contributed by atoms with Gasteiger partial charge in [-0.1, -0.05) is 42.8 Å². The van der Waals surface area contributed by atoms with Gasteiger partial charge in [0.25, 0.3) is 5.91 Å². The number of amides is 1. The van der Waals surface area contributed by atoms with Gasteiger partial charge in [-0.15, -0.1) is 6.58 Å². The highest BCUT2D eigenvalue weighted by Crippen LogP contribution is 2.53. The zero-order valence-corrected chi connectivity index (χ0v) is 34.3. The summed E-state index contributed by atoms with van der Waals surface area (Å²) in [6, 6.07) is 12.2. The molecule has 8 rings (SSSR count). The van der Waals surface area contributed by atoms with Crippen LogP contribution >= 0.6 is 11.6 Å². The van der Waals surface area contributed by atoms with Crippen molar-refractivity contribution < 1.29 is 22.7 Å². The number of fused-ring (bicyclic) bond motifs is 5. The number of aryl methyl sites for hydroxylation is 1. The fourth-order valence-corrected chi connectivity index (χ4v) is 12.2. The fourth-order valence-electron chi connectivity index (χ4n) is 10.8. The molecule has 0 radical (unpaired) electrons. The van der Waals surface area contributed by atoms with Crippen molar-refractivity contribution in [2.24, 2.45) is 23.2 Å². The van der Waals surface area contributed by atoms with Gasteiger partial charge in [0.05, 0.1) is 30.8 Å². The number of hydrogen-bond donors (Lipinski definition) is 1. The van der Waals surface area contributed by atoms with Gasteiger partial charge in [0, 0.05) is 73.3 Å². The Hall–Kier alpha value is -2.89. The van der Waals surface area contributed by atoms with Crippen LogP contribution in [0, 0.1) is 23.2 Å². The minimum atomic E-state index is -3.95. The van der Waals surface area contributed by atoms with Crippen LogP contribution in [0.4, 0.5) is 5.69 Å². The second-order valence-corrected chi connectivity index (χ2v) is 20.1. The van der Waals surface area contributed by atoms with Crippen molar-refractivity contribution in [3.8, 4) is 5.75 Å². The fraction of sp³-hybridized carbons (Fsp3) is 0.614. The van der Waals surface area contributed by atoms with Gasteiger partial charge in [-0.3, -0.25) is 14.6 Å². The van der Waals surface area contributed by atoms with E-state index in [0.717, 1.165) is 120 Å². The number of halogens is 1. The zero-order chi connectivity index (χ0) is 38.4. The SMILES string of the molecule is C=CCC[C@]1(CN2CCN3CCOC[C@@H]3C2)/C=C/C[C@H](C)[C@@H](C)S(=O)(=O)NC(=O)c2ccc3c(c2)N(C[C@@H]2CC[C@H]21)C[C@@]1(CCCc2cc(Cl)ccc21)CO3. The smallest absolute Gasteiger partial charge is 0.264 e. The van der Waals surface area contributed by atoms with Gasteiger partial charge in [-0.25, -0.2) is 13.1 Å². The van der Waals surface area contributed by atoms with Crippen LogP contribution in [0.5, 0.6) is 5.75 Å². The molecule has 298 valence electrons. The molecular weight excluding hydrogens is 732 g/mol. The molecular formula is C44H59ClN4O5S. The van der Waals surface area contributed by atoms with E-state index in [4.69, 9.17) is 21.1 Å². The predicted octanol–water partition coefficient (Wildman–Crippen LogP) is 6.85. The van der Waals surface area contributed by atoms with Crippen LogP contribution < -0.4 is 14.4 Å². The Kier molecular flexibility index (Phi) is 11.2. The summed E-state index contributed by atoms with van der Waals surface area (Å²) in [6.07, 6.45) is 14.6. The van der Waals surface area contributed by atoms with Crippen molar-refractivity contribution >= 4 is 33.2 Å². The van der Waals surface area contributed by atoms with Crippen molar-refractivity contribution in [2.75, 3.05) is 70.5 Å². The van der Waals surface area contributed by atoms with Gasteiger partial charge in [0.2, 0.25) is 10.0 Å². The molecule has 2 bridgehead atoms. The summed E-state index contributed by atoms with van der Waals surface area (Å²) in [7, 11) is -3.95. The number of allylic oxidation sites excluding steroid dienone is 2. The number of nitrogens with zero attached hydrogens (tertiary/aromatic N) is 3. The second-order valence-electron chi connectivity index (χ2n) is 17.6. The first-order valence-electron chi connectivity index (χ1n) is 20.7. The molecule has 4 aliphatic heterocycles. The minimum absolute atomic E-state index is 0.110. The van der Waals surface area contributed by atoms with Gasteiger partial charge < -0.3 is 14.4 Å². The van der Waals surface area contributed by atoms with Gasteiger partial charge in [0.15, 0.2) is 0 Å². The molecule has 2 aromatic rings. The lowest BCUT2D eigenvalue weighted by Gasteiger charge is -2.54. The molecule has 0 aromatic heterocycles. The van der Waals surface area contributed by atoms with Crippen molar-refractivity contribution in [1.29, 1.82) is 0 Å². The molecule has 0 unspecified atom stereocenters. The Bertz CT molecular complexity index is 1910. The molecule has 55 heavy (non-hydrogen) atoms. The van der Waals surface area contributed by atoms with Crippen molar-refractivity contribution in [3.63, 3.8) is 0 Å². The molecule has 11 heteroatoms. The molecule has 1 spiro atoms. The minimum Gasteiger partial charge on any atom is -0.490 e. The number of carbonyl (C=O) groups is 1. The highest BCUT2D eigenvalue weighted by Gasteiger charge is 2.49. The summed E-state index contributed by atoms with van der Waals surface area (Å²) in [6.45, 7) is 16.6. The number of morpholine rings is 1. The molecule has 2 aromatic carbocycles. The highest BCUT2D eigenvalue weighted by molar-refractivity contribution is 7.90. The van der Waals surface area contributed by atoms with Crippen LogP contribution in [-0.2, 0) is 26.6 Å². The number of hydrogen-bond acceptors (Lipinski definition) is 8. The summed E-state index contributed by atoms with van der Waals surface area (Å²) in [4.78, 5) is 21.5. The van der Waals surface area contributed by atoms with Crippen LogP contribution in [0.3, 0.4) is 0 Å². The van der Waals surface area contributed by atoms with E-state index in [9.17, 15) is 13.2 Å². The molecule has 7 atom stereocenters. The van der Waals surface area contributed by atoms with Gasteiger partial charge in [-0.2, -0.15) is 0 Å². The summed E-state index contributed by atoms with van der Waals surface area (Å²) in [5, 5.41) is -0.000541. The standard InChI is InChI=1S/C44H59ClN4O5S/c1-4-5-16-43(28-47-19-20-48-21-22-53-27-37(48)26-47)17-6-8-31(2)32(3)55(51,52)46-42(50)34-11-15-41-40(24-34)49(25-35-10-13-39(35)43)29-44(30-54-41)18-7-9-33-23-36(45)12-14-38(33)44/h4,6,11-12,14-15,17,23-24,31-32,35,37,39H,1,5,7-10,13,16,18-22,25-30H2,2-3H3,(H,46,50)/b17-6+/t31-,32+,35-,37-,39+,43+,44-/m0/s1. The Morgan fingerprint density at radius 2 is 1.96 bits per heavy atom. The van der Waals surface area contributed by atoms with Crippen molar-refractivity contribution in [3.05, 3.63) is 82.9 Å². The number of carbonyl (C=O) groups excluding carboxylic acids is 1.